The Labute approximate surface area is 549 Å². The summed E-state index contributed by atoms with van der Waals surface area (Å²) in [5, 5.41) is 10.6. The molecule has 0 aromatic rings. The molecule has 17 nitrogen and oxygen atoms in total. The summed E-state index contributed by atoms with van der Waals surface area (Å²) in [6.07, 6.45) is 43.7. The molecule has 0 heterocycles. The lowest BCUT2D eigenvalue weighted by molar-refractivity contribution is -0.161. The summed E-state index contributed by atoms with van der Waals surface area (Å²) in [4.78, 5) is 72.4. The number of hydrogen-bond acceptors (Lipinski definition) is 15. The fraction of sp³-hybridized carbons (Fsp3) is 0.944. The fourth-order valence-electron chi connectivity index (χ4n) is 10.6. The minimum absolute atomic E-state index is 0.101. The summed E-state index contributed by atoms with van der Waals surface area (Å²) in [6.45, 7) is 14.0. The molecule has 19 heteroatoms. The number of unbranched alkanes of at least 4 members (excludes halogenated alkanes) is 32. The van der Waals surface area contributed by atoms with Crippen molar-refractivity contribution in [3.8, 4) is 0 Å². The van der Waals surface area contributed by atoms with Crippen LogP contribution in [0.3, 0.4) is 0 Å². The number of esters is 4. The largest absolute Gasteiger partial charge is 0.472 e. The molecule has 0 spiro atoms. The Kier molecular flexibility index (Phi) is 59.4. The van der Waals surface area contributed by atoms with Crippen LogP contribution in [0.15, 0.2) is 0 Å². The monoisotopic (exact) mass is 1320 g/mol. The molecule has 3 N–H and O–H groups in total. The number of ether oxygens (including phenoxy) is 4. The lowest BCUT2D eigenvalue weighted by Gasteiger charge is -2.21. The maximum absolute atomic E-state index is 13.0. The van der Waals surface area contributed by atoms with Crippen LogP contribution in [0.1, 0.15) is 351 Å². The Morgan fingerprint density at radius 2 is 0.533 bits per heavy atom. The normalized spacial score (nSPS) is 14.9. The number of aliphatic hydroxyl groups excluding tert-OH is 1. The second-order valence-electron chi connectivity index (χ2n) is 27.1. The summed E-state index contributed by atoms with van der Waals surface area (Å²) in [5.41, 5.74) is 0. The number of rotatable bonds is 68. The minimum Gasteiger partial charge on any atom is -0.462 e. The lowest BCUT2D eigenvalue weighted by Crippen LogP contribution is -2.30. The molecule has 0 saturated heterocycles. The Bertz CT molecular complexity index is 1790. The van der Waals surface area contributed by atoms with Crippen LogP contribution in [0.25, 0.3) is 0 Å². The highest BCUT2D eigenvalue weighted by atomic mass is 31.2. The quantitative estimate of drug-likeness (QED) is 0.0222. The number of carbonyl (C=O) groups is 4. The molecule has 0 radical (unpaired) electrons. The molecule has 0 saturated carbocycles. The SMILES string of the molecule is CCC(C)CCCCCCCCCCCCCCCCCCCCC(=O)OC[C@H](COP(=O)(O)OC[C@@H](O)COP(=O)(O)OC[C@@H](COC(=O)CCCCCCCCC(C)C)OC(=O)CCCCCCCCC(C)CC)OC(=O)CCCCCCCCC(C)C. The number of phosphoric ester groups is 2. The zero-order valence-electron chi connectivity index (χ0n) is 58.8. The van der Waals surface area contributed by atoms with Gasteiger partial charge in [0.25, 0.3) is 0 Å². The van der Waals surface area contributed by atoms with Crippen molar-refractivity contribution >= 4 is 39.5 Å². The van der Waals surface area contributed by atoms with Crippen LogP contribution in [0.5, 0.6) is 0 Å². The van der Waals surface area contributed by atoms with E-state index in [9.17, 15) is 43.2 Å². The summed E-state index contributed by atoms with van der Waals surface area (Å²) in [6, 6.07) is 0. The molecule has 0 amide bonds. The van der Waals surface area contributed by atoms with Gasteiger partial charge in [0, 0.05) is 25.7 Å². The van der Waals surface area contributed by atoms with E-state index in [0.717, 1.165) is 108 Å². The van der Waals surface area contributed by atoms with Gasteiger partial charge in [0.15, 0.2) is 12.2 Å². The van der Waals surface area contributed by atoms with Gasteiger partial charge in [-0.2, -0.15) is 0 Å². The van der Waals surface area contributed by atoms with E-state index < -0.39 is 97.5 Å². The Balaban J connectivity index is 5.08. The molecule has 0 aromatic heterocycles. The van der Waals surface area contributed by atoms with Crippen LogP contribution < -0.4 is 0 Å². The van der Waals surface area contributed by atoms with Gasteiger partial charge in [-0.1, -0.05) is 299 Å². The van der Waals surface area contributed by atoms with E-state index in [4.69, 9.17) is 37.0 Å². The highest BCUT2D eigenvalue weighted by Crippen LogP contribution is 2.45. The highest BCUT2D eigenvalue weighted by Gasteiger charge is 2.30. The third-order valence-corrected chi connectivity index (χ3v) is 18.9. The Morgan fingerprint density at radius 3 is 0.789 bits per heavy atom. The molecule has 4 unspecified atom stereocenters. The summed E-state index contributed by atoms with van der Waals surface area (Å²) in [7, 11) is -9.90. The number of aliphatic hydroxyl groups is 1. The second kappa shape index (κ2) is 60.7. The molecular formula is C71H138O17P2. The zero-order chi connectivity index (χ0) is 66.8. The summed E-state index contributed by atoms with van der Waals surface area (Å²) in [5.74, 6) is 0.804. The van der Waals surface area contributed by atoms with Gasteiger partial charge in [-0.15, -0.1) is 0 Å². The average Bonchev–Trinajstić information content (AvgIpc) is 3.56. The molecule has 0 fully saturated rings. The van der Waals surface area contributed by atoms with Crippen molar-refractivity contribution in [1.82, 2.24) is 0 Å². The van der Waals surface area contributed by atoms with Crippen LogP contribution in [-0.2, 0) is 65.4 Å². The maximum atomic E-state index is 13.0. The lowest BCUT2D eigenvalue weighted by atomic mass is 9.99. The van der Waals surface area contributed by atoms with Gasteiger partial charge in [0.2, 0.25) is 0 Å². The standard InChI is InChI=1S/C71H138O17P2/c1-9-63(7)49-41-33-23-21-19-17-15-13-11-12-14-16-18-20-22-24-35-43-51-68(73)81-57-66(87-70(75)53-45-37-29-26-32-40-48-62(5)6)59-85-89(77,78)83-55-65(72)56-84-90(79,80)86-60-67(58-82-69(74)52-44-36-28-25-31-39-47-61(3)4)88-71(76)54-46-38-30-27-34-42-50-64(8)10-2/h61-67,72H,9-60H2,1-8H3,(H,77,78)(H,79,80)/t63?,64?,65-,66-,67-/m1/s1. The number of phosphoric acid groups is 2. The predicted molar refractivity (Wildman–Crippen MR) is 363 cm³/mol. The maximum Gasteiger partial charge on any atom is 0.472 e. The van der Waals surface area contributed by atoms with E-state index in [2.05, 4.69) is 55.4 Å². The van der Waals surface area contributed by atoms with Crippen molar-refractivity contribution in [2.45, 2.75) is 369 Å². The molecule has 534 valence electrons. The van der Waals surface area contributed by atoms with Gasteiger partial charge in [-0.05, 0) is 49.4 Å². The predicted octanol–water partition coefficient (Wildman–Crippen LogP) is 20.1. The molecule has 0 rings (SSSR count). The van der Waals surface area contributed by atoms with Gasteiger partial charge in [0.05, 0.1) is 26.4 Å². The molecule has 0 aliphatic rings. The highest BCUT2D eigenvalue weighted by molar-refractivity contribution is 7.47. The molecular weight excluding hydrogens is 1190 g/mol. The fourth-order valence-corrected chi connectivity index (χ4v) is 12.2. The first-order chi connectivity index (χ1) is 43.2. The minimum atomic E-state index is -4.95. The zero-order valence-corrected chi connectivity index (χ0v) is 60.6. The average molecular weight is 1330 g/mol. The van der Waals surface area contributed by atoms with Gasteiger partial charge in [-0.25, -0.2) is 9.13 Å². The van der Waals surface area contributed by atoms with Crippen molar-refractivity contribution in [2.75, 3.05) is 39.6 Å². The summed E-state index contributed by atoms with van der Waals surface area (Å²) >= 11 is 0. The van der Waals surface area contributed by atoms with E-state index >= 15 is 0 Å². The van der Waals surface area contributed by atoms with Crippen LogP contribution in [-0.4, -0.2) is 96.7 Å². The molecule has 90 heavy (non-hydrogen) atoms. The van der Waals surface area contributed by atoms with E-state index in [1.165, 1.54) is 148 Å². The van der Waals surface area contributed by atoms with Crippen molar-refractivity contribution in [1.29, 1.82) is 0 Å². The smallest absolute Gasteiger partial charge is 0.462 e. The van der Waals surface area contributed by atoms with E-state index in [0.29, 0.717) is 37.5 Å². The van der Waals surface area contributed by atoms with Crippen molar-refractivity contribution in [2.24, 2.45) is 23.7 Å². The third kappa shape index (κ3) is 62.2. The first-order valence-electron chi connectivity index (χ1n) is 36.8. The molecule has 7 atom stereocenters. The van der Waals surface area contributed by atoms with Crippen LogP contribution in [0.2, 0.25) is 0 Å². The van der Waals surface area contributed by atoms with Crippen LogP contribution in [0, 0.1) is 23.7 Å². The number of carbonyl (C=O) groups excluding carboxylic acids is 4. The summed E-state index contributed by atoms with van der Waals surface area (Å²) < 4.78 is 68.1. The Morgan fingerprint density at radius 1 is 0.311 bits per heavy atom. The van der Waals surface area contributed by atoms with E-state index in [-0.39, 0.29) is 25.7 Å². The van der Waals surface area contributed by atoms with Crippen molar-refractivity contribution in [3.05, 3.63) is 0 Å². The third-order valence-electron chi connectivity index (χ3n) is 17.0. The number of hydrogen-bond donors (Lipinski definition) is 3. The van der Waals surface area contributed by atoms with E-state index in [1.54, 1.807) is 0 Å². The molecule has 0 bridgehead atoms. The van der Waals surface area contributed by atoms with Crippen LogP contribution >= 0.6 is 15.6 Å². The topological polar surface area (TPSA) is 237 Å². The first kappa shape index (κ1) is 88.1. The van der Waals surface area contributed by atoms with Crippen molar-refractivity contribution in [3.63, 3.8) is 0 Å². The van der Waals surface area contributed by atoms with Gasteiger partial charge >= 0.3 is 39.5 Å². The Hall–Kier alpha value is -1.94. The van der Waals surface area contributed by atoms with Gasteiger partial charge in [-0.3, -0.25) is 37.3 Å². The molecule has 0 aliphatic carbocycles. The van der Waals surface area contributed by atoms with E-state index in [1.807, 2.05) is 0 Å². The first-order valence-corrected chi connectivity index (χ1v) is 39.8. The molecule has 0 aliphatic heterocycles. The molecule has 0 aromatic carbocycles. The van der Waals surface area contributed by atoms with Gasteiger partial charge in [0.1, 0.15) is 19.3 Å². The second-order valence-corrected chi connectivity index (χ2v) is 30.0. The van der Waals surface area contributed by atoms with Crippen molar-refractivity contribution < 1.29 is 80.2 Å². The van der Waals surface area contributed by atoms with Crippen LogP contribution in [0.4, 0.5) is 0 Å². The van der Waals surface area contributed by atoms with Gasteiger partial charge < -0.3 is 33.8 Å².